The zero-order chi connectivity index (χ0) is 5.70. The smallest absolute Gasteiger partial charge is 0.549 e. The molecule has 3 nitrogen and oxygen atoms in total. The van der Waals surface area contributed by atoms with E-state index in [1.165, 1.54) is 0 Å². The summed E-state index contributed by atoms with van der Waals surface area (Å²) in [4.78, 5) is 0. The summed E-state index contributed by atoms with van der Waals surface area (Å²) in [5, 5.41) is 0. The molecule has 0 heterocycles. The minimum absolute atomic E-state index is 0. The zero-order valence-corrected chi connectivity index (χ0v) is 7.93. The molecule has 0 aromatic carbocycles. The Balaban J connectivity index is 0. The van der Waals surface area contributed by atoms with Gasteiger partial charge in [-0.15, -0.1) is 0 Å². The average Bonchev–Trinajstić information content (AvgIpc) is 1.72. The van der Waals surface area contributed by atoms with Crippen LogP contribution in [0.15, 0.2) is 0 Å². The Bertz CT molecular complexity index is 36.0. The Kier molecular flexibility index (Phi) is 11.6. The summed E-state index contributed by atoms with van der Waals surface area (Å²) in [7, 11) is 3.44. The molecule has 0 aliphatic heterocycles. The van der Waals surface area contributed by atoms with Crippen LogP contribution in [0.25, 0.3) is 0 Å². The van der Waals surface area contributed by atoms with Crippen molar-refractivity contribution >= 4 is 7.32 Å². The van der Waals surface area contributed by atoms with Gasteiger partial charge in [-0.3, -0.25) is 0 Å². The van der Waals surface area contributed by atoms with E-state index in [9.17, 15) is 0 Å². The van der Waals surface area contributed by atoms with Crippen LogP contribution in [0.4, 0.5) is 0 Å². The third-order valence-corrected chi connectivity index (χ3v) is 0.707. The van der Waals surface area contributed by atoms with Crippen molar-refractivity contribution in [1.82, 2.24) is 0 Å². The first kappa shape index (κ1) is 11.7. The molecule has 0 rings (SSSR count). The third-order valence-electron chi connectivity index (χ3n) is 0.707. The second-order valence-corrected chi connectivity index (χ2v) is 1.22. The molecule has 0 amide bonds. The first-order valence-electron chi connectivity index (χ1n) is 2.09. The van der Waals surface area contributed by atoms with Gasteiger partial charge in [0.15, 0.2) is 0 Å². The SMILES string of the molecule is CO[BH-](OC)OC.[Na+]. The molecule has 5 heteroatoms. The Morgan fingerprint density at radius 3 is 1.12 bits per heavy atom. The second-order valence-electron chi connectivity index (χ2n) is 1.22. The monoisotopic (exact) mass is 128 g/mol. The van der Waals surface area contributed by atoms with E-state index < -0.39 is 7.32 Å². The summed E-state index contributed by atoms with van der Waals surface area (Å²) in [5.41, 5.74) is 0. The van der Waals surface area contributed by atoms with Crippen LogP contribution in [0.2, 0.25) is 0 Å². The van der Waals surface area contributed by atoms with E-state index in [0.717, 1.165) is 0 Å². The zero-order valence-electron chi connectivity index (χ0n) is 5.93. The summed E-state index contributed by atoms with van der Waals surface area (Å²) < 4.78 is 14.1. The van der Waals surface area contributed by atoms with Crippen LogP contribution >= 0.6 is 0 Å². The van der Waals surface area contributed by atoms with Crippen LogP contribution in [-0.4, -0.2) is 28.7 Å². The molecule has 0 bridgehead atoms. The summed E-state index contributed by atoms with van der Waals surface area (Å²) in [6.45, 7) is 0. The number of rotatable bonds is 3. The van der Waals surface area contributed by atoms with Crippen molar-refractivity contribution in [2.45, 2.75) is 0 Å². The van der Waals surface area contributed by atoms with Crippen molar-refractivity contribution in [2.24, 2.45) is 0 Å². The topological polar surface area (TPSA) is 27.7 Å². The minimum Gasteiger partial charge on any atom is -0.549 e. The van der Waals surface area contributed by atoms with Gasteiger partial charge < -0.3 is 14.0 Å². The van der Waals surface area contributed by atoms with Gasteiger partial charge in [-0.2, -0.15) is 0 Å². The Labute approximate surface area is 72.2 Å². The van der Waals surface area contributed by atoms with Crippen molar-refractivity contribution in [2.75, 3.05) is 21.3 Å². The largest absolute Gasteiger partial charge is 1.00 e. The molecule has 0 saturated carbocycles. The Morgan fingerprint density at radius 2 is 1.12 bits per heavy atom. The first-order chi connectivity index (χ1) is 3.35. The first-order valence-corrected chi connectivity index (χ1v) is 2.09. The molecule has 0 atom stereocenters. The van der Waals surface area contributed by atoms with Gasteiger partial charge in [-0.25, -0.2) is 0 Å². The molecule has 8 heavy (non-hydrogen) atoms. The van der Waals surface area contributed by atoms with Gasteiger partial charge in [0.1, 0.15) is 0 Å². The molecule has 0 fully saturated rings. The molecule has 0 aromatic heterocycles. The van der Waals surface area contributed by atoms with E-state index in [-0.39, 0.29) is 29.6 Å². The van der Waals surface area contributed by atoms with Gasteiger partial charge in [0.25, 0.3) is 0 Å². The molecule has 44 valence electrons. The third kappa shape index (κ3) is 5.09. The maximum atomic E-state index is 4.69. The predicted octanol–water partition coefficient (Wildman–Crippen LogP) is -3.35. The van der Waals surface area contributed by atoms with Crippen molar-refractivity contribution < 1.29 is 43.5 Å². The second kappa shape index (κ2) is 7.94. The average molecular weight is 128 g/mol. The van der Waals surface area contributed by atoms with Crippen molar-refractivity contribution in [1.29, 1.82) is 0 Å². The Hall–Kier alpha value is 0.945. The van der Waals surface area contributed by atoms with Gasteiger partial charge in [0.05, 0.1) is 0 Å². The fourth-order valence-corrected chi connectivity index (χ4v) is 0.354. The van der Waals surface area contributed by atoms with E-state index in [2.05, 4.69) is 14.0 Å². The van der Waals surface area contributed by atoms with E-state index in [4.69, 9.17) is 0 Å². The molecular formula is C3H10BNaO3. The van der Waals surface area contributed by atoms with Crippen LogP contribution in [0.3, 0.4) is 0 Å². The molecule has 0 N–H and O–H groups in total. The van der Waals surface area contributed by atoms with Crippen LogP contribution in [0.1, 0.15) is 0 Å². The van der Waals surface area contributed by atoms with Crippen LogP contribution in [-0.2, 0) is 14.0 Å². The van der Waals surface area contributed by atoms with Gasteiger partial charge in [-0.05, 0) is 21.3 Å². The van der Waals surface area contributed by atoms with Gasteiger partial charge in [-0.1, -0.05) is 0 Å². The van der Waals surface area contributed by atoms with Gasteiger partial charge in [0, 0.05) is 0 Å². The van der Waals surface area contributed by atoms with E-state index in [0.29, 0.717) is 0 Å². The van der Waals surface area contributed by atoms with Crippen LogP contribution in [0, 0.1) is 0 Å². The molecule has 0 aromatic rings. The van der Waals surface area contributed by atoms with Gasteiger partial charge in [0.2, 0.25) is 0 Å². The molecule has 0 aliphatic rings. The van der Waals surface area contributed by atoms with Gasteiger partial charge >= 0.3 is 36.9 Å². The normalized spacial score (nSPS) is 9.00. The number of hydrogen-bond donors (Lipinski definition) is 0. The number of hydrogen-bond acceptors (Lipinski definition) is 3. The maximum absolute atomic E-state index is 4.69. The molecule has 0 aliphatic carbocycles. The fourth-order valence-electron chi connectivity index (χ4n) is 0.354. The van der Waals surface area contributed by atoms with Crippen LogP contribution in [0.5, 0.6) is 0 Å². The van der Waals surface area contributed by atoms with Crippen LogP contribution < -0.4 is 29.6 Å². The maximum Gasteiger partial charge on any atom is 1.00 e. The molecule has 0 spiro atoms. The molecule has 0 unspecified atom stereocenters. The molecular weight excluding hydrogens is 118 g/mol. The molecule has 0 radical (unpaired) electrons. The predicted molar refractivity (Wildman–Crippen MR) is 28.2 cm³/mol. The van der Waals surface area contributed by atoms with Crippen molar-refractivity contribution in [3.8, 4) is 0 Å². The van der Waals surface area contributed by atoms with E-state index >= 15 is 0 Å². The molecule has 0 saturated heterocycles. The van der Waals surface area contributed by atoms with E-state index in [1.54, 1.807) is 21.3 Å². The summed E-state index contributed by atoms with van der Waals surface area (Å²) in [6, 6.07) is 0. The Morgan fingerprint density at radius 1 is 0.875 bits per heavy atom. The fraction of sp³-hybridized carbons (Fsp3) is 1.00. The summed E-state index contributed by atoms with van der Waals surface area (Å²) >= 11 is 0. The standard InChI is InChI=1S/C3H10BO3.Na/c1-5-4(6-2)7-3;/h4H,1-3H3;/q-1;+1. The minimum atomic E-state index is -1.21. The van der Waals surface area contributed by atoms with Crippen molar-refractivity contribution in [3.05, 3.63) is 0 Å². The quantitative estimate of drug-likeness (QED) is 0.371. The van der Waals surface area contributed by atoms with E-state index in [1.807, 2.05) is 0 Å². The van der Waals surface area contributed by atoms with Crippen molar-refractivity contribution in [3.63, 3.8) is 0 Å². The summed E-state index contributed by atoms with van der Waals surface area (Å²) in [5.74, 6) is 0. The summed E-state index contributed by atoms with van der Waals surface area (Å²) in [6.07, 6.45) is 0.